The Bertz CT molecular complexity index is 1110. The maximum Gasteiger partial charge on any atom is 0.270 e. The molecule has 0 spiro atoms. The molecule has 0 aliphatic carbocycles. The van der Waals surface area contributed by atoms with Gasteiger partial charge in [-0.1, -0.05) is 32.0 Å². The van der Waals surface area contributed by atoms with Gasteiger partial charge in [-0.15, -0.1) is 0 Å². The van der Waals surface area contributed by atoms with Crippen LogP contribution in [0.1, 0.15) is 35.7 Å². The van der Waals surface area contributed by atoms with Gasteiger partial charge in [0.1, 0.15) is 5.75 Å². The third-order valence-corrected chi connectivity index (χ3v) is 4.66. The molecular weight excluding hydrogens is 410 g/mol. The first-order valence-electron chi connectivity index (χ1n) is 10.0. The van der Waals surface area contributed by atoms with E-state index < -0.39 is 10.8 Å². The van der Waals surface area contributed by atoms with Crippen molar-refractivity contribution in [3.05, 3.63) is 94.0 Å². The lowest BCUT2D eigenvalue weighted by Crippen LogP contribution is -2.20. The van der Waals surface area contributed by atoms with Crippen LogP contribution in [-0.4, -0.2) is 23.3 Å². The average Bonchev–Trinajstić information content (AvgIpc) is 2.79. The second-order valence-electron chi connectivity index (χ2n) is 7.40. The molecule has 0 aliphatic heterocycles. The molecule has 0 radical (unpaired) electrons. The molecule has 164 valence electrons. The van der Waals surface area contributed by atoms with E-state index in [1.807, 2.05) is 24.3 Å². The molecule has 0 aliphatic rings. The van der Waals surface area contributed by atoms with E-state index in [0.717, 1.165) is 0 Å². The standard InChI is InChI=1S/C24H23N3O5/c1-16(2)17-6-8-19(9-7-17)25-23(28)15-32-22-12-10-20(11-13-22)26-24(29)18-4-3-5-21(14-18)27(30)31/h3-14,16H,15H2,1-2H3,(H,25,28)(H,26,29). The Kier molecular flexibility index (Phi) is 7.17. The molecule has 8 nitrogen and oxygen atoms in total. The van der Waals surface area contributed by atoms with E-state index >= 15 is 0 Å². The van der Waals surface area contributed by atoms with Gasteiger partial charge in [-0.05, 0) is 53.9 Å². The zero-order valence-electron chi connectivity index (χ0n) is 17.7. The van der Waals surface area contributed by atoms with Gasteiger partial charge >= 0.3 is 0 Å². The Labute approximate surface area is 185 Å². The third kappa shape index (κ3) is 6.15. The maximum atomic E-state index is 12.3. The molecule has 0 unspecified atom stereocenters. The van der Waals surface area contributed by atoms with Crippen molar-refractivity contribution in [1.82, 2.24) is 0 Å². The minimum atomic E-state index is -0.556. The molecule has 0 saturated heterocycles. The number of rotatable bonds is 8. The van der Waals surface area contributed by atoms with Gasteiger partial charge in [0.05, 0.1) is 4.92 Å². The molecule has 0 heterocycles. The van der Waals surface area contributed by atoms with Crippen LogP contribution in [0.25, 0.3) is 0 Å². The summed E-state index contributed by atoms with van der Waals surface area (Å²) in [4.78, 5) is 34.7. The molecule has 3 aromatic carbocycles. The highest BCUT2D eigenvalue weighted by molar-refractivity contribution is 6.04. The lowest BCUT2D eigenvalue weighted by Gasteiger charge is -2.10. The van der Waals surface area contributed by atoms with Crippen molar-refractivity contribution in [2.75, 3.05) is 17.2 Å². The summed E-state index contributed by atoms with van der Waals surface area (Å²) in [5.41, 5.74) is 2.40. The van der Waals surface area contributed by atoms with Crippen LogP contribution < -0.4 is 15.4 Å². The average molecular weight is 433 g/mol. The smallest absolute Gasteiger partial charge is 0.270 e. The van der Waals surface area contributed by atoms with E-state index in [1.54, 1.807) is 24.3 Å². The summed E-state index contributed by atoms with van der Waals surface area (Å²) in [5.74, 6) is 0.126. The van der Waals surface area contributed by atoms with Crippen LogP contribution in [-0.2, 0) is 4.79 Å². The lowest BCUT2D eigenvalue weighted by atomic mass is 10.0. The number of hydrogen-bond acceptors (Lipinski definition) is 5. The van der Waals surface area contributed by atoms with Gasteiger partial charge in [-0.25, -0.2) is 0 Å². The molecule has 2 N–H and O–H groups in total. The minimum Gasteiger partial charge on any atom is -0.484 e. The van der Waals surface area contributed by atoms with Crippen LogP contribution in [0.15, 0.2) is 72.8 Å². The second-order valence-corrected chi connectivity index (χ2v) is 7.40. The normalized spacial score (nSPS) is 10.5. The van der Waals surface area contributed by atoms with E-state index in [4.69, 9.17) is 4.74 Å². The van der Waals surface area contributed by atoms with E-state index in [1.165, 1.54) is 29.8 Å². The van der Waals surface area contributed by atoms with Crippen molar-refractivity contribution in [3.8, 4) is 5.75 Å². The van der Waals surface area contributed by atoms with Gasteiger partial charge in [0.15, 0.2) is 6.61 Å². The van der Waals surface area contributed by atoms with Crippen LogP contribution in [0.5, 0.6) is 5.75 Å². The molecular formula is C24H23N3O5. The number of ether oxygens (including phenoxy) is 1. The molecule has 0 atom stereocenters. The molecule has 3 rings (SSSR count). The van der Waals surface area contributed by atoms with Crippen molar-refractivity contribution in [2.24, 2.45) is 0 Å². The quantitative estimate of drug-likeness (QED) is 0.384. The number of carbonyl (C=O) groups excluding carboxylic acids is 2. The first-order chi connectivity index (χ1) is 15.3. The number of nitro groups is 1. The number of carbonyl (C=O) groups is 2. The number of anilines is 2. The minimum absolute atomic E-state index is 0.157. The Morgan fingerprint density at radius 1 is 0.938 bits per heavy atom. The van der Waals surface area contributed by atoms with E-state index in [0.29, 0.717) is 23.0 Å². The van der Waals surface area contributed by atoms with Gasteiger partial charge in [0.25, 0.3) is 17.5 Å². The molecule has 0 bridgehead atoms. The summed E-state index contributed by atoms with van der Waals surface area (Å²) < 4.78 is 5.49. The maximum absolute atomic E-state index is 12.3. The largest absolute Gasteiger partial charge is 0.484 e. The topological polar surface area (TPSA) is 111 Å². The summed E-state index contributed by atoms with van der Waals surface area (Å²) >= 11 is 0. The molecule has 0 aromatic heterocycles. The van der Waals surface area contributed by atoms with Gasteiger partial charge in [0.2, 0.25) is 0 Å². The van der Waals surface area contributed by atoms with Gasteiger partial charge in [0, 0.05) is 29.1 Å². The van der Waals surface area contributed by atoms with Crippen LogP contribution >= 0.6 is 0 Å². The SMILES string of the molecule is CC(C)c1ccc(NC(=O)COc2ccc(NC(=O)c3cccc([N+](=O)[O-])c3)cc2)cc1. The number of non-ortho nitro benzene ring substituents is 1. The van der Waals surface area contributed by atoms with Crippen molar-refractivity contribution in [3.63, 3.8) is 0 Å². The summed E-state index contributed by atoms with van der Waals surface area (Å²) in [5, 5.41) is 16.3. The number of amides is 2. The van der Waals surface area contributed by atoms with Crippen LogP contribution in [0.4, 0.5) is 17.1 Å². The fourth-order valence-electron chi connectivity index (χ4n) is 2.90. The van der Waals surface area contributed by atoms with Crippen LogP contribution in [0.2, 0.25) is 0 Å². The third-order valence-electron chi connectivity index (χ3n) is 4.66. The molecule has 8 heteroatoms. The first-order valence-corrected chi connectivity index (χ1v) is 10.0. The number of nitrogens with one attached hydrogen (secondary N) is 2. The molecule has 3 aromatic rings. The summed E-state index contributed by atoms with van der Waals surface area (Å²) in [6.07, 6.45) is 0. The van der Waals surface area contributed by atoms with Gasteiger partial charge in [-0.2, -0.15) is 0 Å². The predicted octanol–water partition coefficient (Wildman–Crippen LogP) is 4.99. The van der Waals surface area contributed by atoms with Gasteiger partial charge in [-0.3, -0.25) is 19.7 Å². The lowest BCUT2D eigenvalue weighted by molar-refractivity contribution is -0.384. The molecule has 0 fully saturated rings. The number of hydrogen-bond donors (Lipinski definition) is 2. The first kappa shape index (κ1) is 22.5. The van der Waals surface area contributed by atoms with Crippen LogP contribution in [0, 0.1) is 10.1 Å². The molecule has 0 saturated carbocycles. The van der Waals surface area contributed by atoms with Crippen molar-refractivity contribution >= 4 is 28.9 Å². The van der Waals surface area contributed by atoms with E-state index in [2.05, 4.69) is 24.5 Å². The highest BCUT2D eigenvalue weighted by atomic mass is 16.6. The highest BCUT2D eigenvalue weighted by Crippen LogP contribution is 2.19. The van der Waals surface area contributed by atoms with Gasteiger partial charge < -0.3 is 15.4 Å². The van der Waals surface area contributed by atoms with E-state index in [-0.39, 0.29) is 23.8 Å². The Morgan fingerprint density at radius 3 is 2.19 bits per heavy atom. The Balaban J connectivity index is 1.51. The van der Waals surface area contributed by atoms with E-state index in [9.17, 15) is 19.7 Å². The zero-order valence-corrected chi connectivity index (χ0v) is 17.7. The molecule has 32 heavy (non-hydrogen) atoms. The Morgan fingerprint density at radius 2 is 1.56 bits per heavy atom. The highest BCUT2D eigenvalue weighted by Gasteiger charge is 2.12. The fourth-order valence-corrected chi connectivity index (χ4v) is 2.90. The molecule has 2 amide bonds. The summed E-state index contributed by atoms with van der Waals surface area (Å²) in [6.45, 7) is 4.04. The number of benzene rings is 3. The second kappa shape index (κ2) is 10.2. The van der Waals surface area contributed by atoms with Crippen molar-refractivity contribution < 1.29 is 19.2 Å². The summed E-state index contributed by atoms with van der Waals surface area (Å²) in [6, 6.07) is 19.6. The monoisotopic (exact) mass is 433 g/mol. The number of nitrogens with zero attached hydrogens (tertiary/aromatic N) is 1. The van der Waals surface area contributed by atoms with Crippen LogP contribution in [0.3, 0.4) is 0 Å². The zero-order chi connectivity index (χ0) is 23.1. The Hall–Kier alpha value is -4.20. The van der Waals surface area contributed by atoms with Crippen molar-refractivity contribution in [2.45, 2.75) is 19.8 Å². The fraction of sp³-hybridized carbons (Fsp3) is 0.167. The predicted molar refractivity (Wildman–Crippen MR) is 122 cm³/mol. The van der Waals surface area contributed by atoms with Crippen molar-refractivity contribution in [1.29, 1.82) is 0 Å². The summed E-state index contributed by atoms with van der Waals surface area (Å²) in [7, 11) is 0. The number of nitro benzene ring substituents is 1.